The van der Waals surface area contributed by atoms with Crippen LogP contribution >= 0.6 is 0 Å². The molecule has 0 unspecified atom stereocenters. The van der Waals surface area contributed by atoms with E-state index in [1.165, 1.54) is 13.1 Å². The van der Waals surface area contributed by atoms with E-state index >= 15 is 0 Å². The van der Waals surface area contributed by atoms with Crippen LogP contribution < -0.4 is 16.0 Å². The molecular formula is C18H23N5O2. The lowest BCUT2D eigenvalue weighted by molar-refractivity contribution is -0.112. The first-order valence-electron chi connectivity index (χ1n) is 8.29. The van der Waals surface area contributed by atoms with Gasteiger partial charge in [-0.15, -0.1) is 0 Å². The van der Waals surface area contributed by atoms with E-state index in [-0.39, 0.29) is 11.4 Å². The number of nitrogens with one attached hydrogen (secondary N) is 3. The number of piperazine rings is 1. The van der Waals surface area contributed by atoms with Crippen LogP contribution in [-0.2, 0) is 4.79 Å². The summed E-state index contributed by atoms with van der Waals surface area (Å²) >= 11 is 0. The Morgan fingerprint density at radius 2 is 2.12 bits per heavy atom. The van der Waals surface area contributed by atoms with Crippen molar-refractivity contribution in [3.05, 3.63) is 41.6 Å². The third-order valence-corrected chi connectivity index (χ3v) is 3.92. The standard InChI is InChI=1S/C18H23N5O2/c1-14(24)15-3-2-4-17(11-15)22-18(25)16(12-19)13-21-7-10-23-8-5-20-6-9-23/h2-4,11,13,20-21H,5-10H2,1H3,(H,22,25)/b16-13-. The Labute approximate surface area is 147 Å². The predicted molar refractivity (Wildman–Crippen MR) is 96.1 cm³/mol. The topological polar surface area (TPSA) is 97.3 Å². The number of Topliss-reactive ketones (excluding diaryl/α,β-unsaturated/α-hetero) is 1. The average molecular weight is 341 g/mol. The van der Waals surface area contributed by atoms with Crippen LogP contribution in [0.1, 0.15) is 17.3 Å². The Balaban J connectivity index is 1.86. The van der Waals surface area contributed by atoms with Gasteiger partial charge in [0, 0.05) is 56.7 Å². The summed E-state index contributed by atoms with van der Waals surface area (Å²) in [5.74, 6) is -0.584. The first kappa shape index (κ1) is 18.6. The molecule has 25 heavy (non-hydrogen) atoms. The summed E-state index contributed by atoms with van der Waals surface area (Å²) in [5, 5.41) is 18.1. The Morgan fingerprint density at radius 1 is 1.36 bits per heavy atom. The minimum absolute atomic E-state index is 0.00598. The van der Waals surface area contributed by atoms with Crippen molar-refractivity contribution in [1.29, 1.82) is 5.26 Å². The van der Waals surface area contributed by atoms with Crippen molar-refractivity contribution in [3.8, 4) is 6.07 Å². The smallest absolute Gasteiger partial charge is 0.267 e. The number of hydrogen-bond acceptors (Lipinski definition) is 6. The van der Waals surface area contributed by atoms with Crippen LogP contribution in [0.2, 0.25) is 0 Å². The number of anilines is 1. The van der Waals surface area contributed by atoms with Gasteiger partial charge < -0.3 is 16.0 Å². The van der Waals surface area contributed by atoms with Gasteiger partial charge in [-0.25, -0.2) is 0 Å². The number of hydrogen-bond donors (Lipinski definition) is 3. The van der Waals surface area contributed by atoms with Gasteiger partial charge in [0.15, 0.2) is 5.78 Å². The van der Waals surface area contributed by atoms with E-state index in [0.29, 0.717) is 17.8 Å². The molecule has 3 N–H and O–H groups in total. The minimum Gasteiger partial charge on any atom is -0.388 e. The van der Waals surface area contributed by atoms with Gasteiger partial charge in [-0.2, -0.15) is 5.26 Å². The third-order valence-electron chi connectivity index (χ3n) is 3.92. The zero-order chi connectivity index (χ0) is 18.1. The van der Waals surface area contributed by atoms with Crippen molar-refractivity contribution >= 4 is 17.4 Å². The van der Waals surface area contributed by atoms with Crippen LogP contribution in [0.25, 0.3) is 0 Å². The maximum atomic E-state index is 12.2. The fraction of sp³-hybridized carbons (Fsp3) is 0.389. The molecule has 1 fully saturated rings. The van der Waals surface area contributed by atoms with E-state index in [0.717, 1.165) is 32.7 Å². The quantitative estimate of drug-likeness (QED) is 0.293. The van der Waals surface area contributed by atoms with E-state index in [9.17, 15) is 14.9 Å². The highest BCUT2D eigenvalue weighted by Gasteiger charge is 2.11. The molecular weight excluding hydrogens is 318 g/mol. The summed E-state index contributed by atoms with van der Waals surface area (Å²) in [5.41, 5.74) is 0.989. The average Bonchev–Trinajstić information content (AvgIpc) is 2.62. The van der Waals surface area contributed by atoms with Gasteiger partial charge in [0.2, 0.25) is 0 Å². The summed E-state index contributed by atoms with van der Waals surface area (Å²) in [6, 6.07) is 8.53. The fourth-order valence-electron chi connectivity index (χ4n) is 2.49. The van der Waals surface area contributed by atoms with Gasteiger partial charge in [0.05, 0.1) is 0 Å². The molecule has 132 valence electrons. The van der Waals surface area contributed by atoms with Crippen LogP contribution in [0.5, 0.6) is 0 Å². The molecule has 1 aromatic rings. The number of rotatable bonds is 7. The van der Waals surface area contributed by atoms with Crippen molar-refractivity contribution in [1.82, 2.24) is 15.5 Å². The largest absolute Gasteiger partial charge is 0.388 e. The molecule has 7 heteroatoms. The van der Waals surface area contributed by atoms with Gasteiger partial charge in [-0.1, -0.05) is 12.1 Å². The van der Waals surface area contributed by atoms with Crippen LogP contribution in [0.4, 0.5) is 5.69 Å². The predicted octanol–water partition coefficient (Wildman–Crippen LogP) is 0.730. The number of carbonyl (C=O) groups excluding carboxylic acids is 2. The van der Waals surface area contributed by atoms with Gasteiger partial charge in [0.1, 0.15) is 11.6 Å². The molecule has 0 spiro atoms. The fourth-order valence-corrected chi connectivity index (χ4v) is 2.49. The second-order valence-corrected chi connectivity index (χ2v) is 5.81. The Morgan fingerprint density at radius 3 is 2.80 bits per heavy atom. The highest BCUT2D eigenvalue weighted by atomic mass is 16.1. The Kier molecular flexibility index (Phi) is 7.14. The summed E-state index contributed by atoms with van der Waals surface area (Å²) in [4.78, 5) is 25.9. The second-order valence-electron chi connectivity index (χ2n) is 5.81. The van der Waals surface area contributed by atoms with Crippen molar-refractivity contribution in [3.63, 3.8) is 0 Å². The molecule has 1 amide bonds. The molecule has 1 saturated heterocycles. The molecule has 0 aliphatic carbocycles. The molecule has 1 aromatic carbocycles. The first-order valence-corrected chi connectivity index (χ1v) is 8.29. The molecule has 0 aromatic heterocycles. The Hall–Kier alpha value is -2.69. The lowest BCUT2D eigenvalue weighted by Crippen LogP contribution is -2.45. The molecule has 1 heterocycles. The monoisotopic (exact) mass is 341 g/mol. The maximum Gasteiger partial charge on any atom is 0.267 e. The van der Waals surface area contributed by atoms with E-state index in [4.69, 9.17) is 0 Å². The third kappa shape index (κ3) is 6.03. The van der Waals surface area contributed by atoms with Crippen molar-refractivity contribution < 1.29 is 9.59 Å². The zero-order valence-electron chi connectivity index (χ0n) is 14.3. The molecule has 0 atom stereocenters. The molecule has 0 saturated carbocycles. The van der Waals surface area contributed by atoms with Crippen molar-refractivity contribution in [2.45, 2.75) is 6.92 Å². The summed E-state index contributed by atoms with van der Waals surface area (Å²) in [6.45, 7) is 6.97. The normalized spacial score (nSPS) is 15.3. The summed E-state index contributed by atoms with van der Waals surface area (Å²) in [7, 11) is 0. The van der Waals surface area contributed by atoms with Crippen LogP contribution in [0.15, 0.2) is 36.0 Å². The maximum absolute atomic E-state index is 12.2. The number of ketones is 1. The van der Waals surface area contributed by atoms with E-state index in [1.807, 2.05) is 6.07 Å². The number of amides is 1. The lowest BCUT2D eigenvalue weighted by Gasteiger charge is -2.26. The SMILES string of the molecule is CC(=O)c1cccc(NC(=O)/C(C#N)=C\NCCN2CCNCC2)c1. The second kappa shape index (κ2) is 9.57. The molecule has 1 aliphatic rings. The van der Waals surface area contributed by atoms with Crippen molar-refractivity contribution in [2.75, 3.05) is 44.6 Å². The highest BCUT2D eigenvalue weighted by Crippen LogP contribution is 2.12. The van der Waals surface area contributed by atoms with Crippen LogP contribution in [0, 0.1) is 11.3 Å². The first-order chi connectivity index (χ1) is 12.1. The van der Waals surface area contributed by atoms with E-state index in [1.54, 1.807) is 24.3 Å². The lowest BCUT2D eigenvalue weighted by atomic mass is 10.1. The number of nitrogens with zero attached hydrogens (tertiary/aromatic N) is 2. The highest BCUT2D eigenvalue weighted by molar-refractivity contribution is 6.07. The number of benzene rings is 1. The van der Waals surface area contributed by atoms with E-state index in [2.05, 4.69) is 20.9 Å². The molecule has 1 aliphatic heterocycles. The Bertz CT molecular complexity index is 687. The molecule has 0 bridgehead atoms. The van der Waals surface area contributed by atoms with Crippen LogP contribution in [-0.4, -0.2) is 55.9 Å². The summed E-state index contributed by atoms with van der Waals surface area (Å²) < 4.78 is 0. The van der Waals surface area contributed by atoms with Crippen LogP contribution in [0.3, 0.4) is 0 Å². The van der Waals surface area contributed by atoms with Gasteiger partial charge in [0.25, 0.3) is 5.91 Å². The summed E-state index contributed by atoms with van der Waals surface area (Å²) in [6.07, 6.45) is 1.44. The number of nitriles is 1. The van der Waals surface area contributed by atoms with Gasteiger partial charge in [-0.05, 0) is 19.1 Å². The van der Waals surface area contributed by atoms with Gasteiger partial charge >= 0.3 is 0 Å². The van der Waals surface area contributed by atoms with Crippen molar-refractivity contribution in [2.24, 2.45) is 0 Å². The minimum atomic E-state index is -0.502. The van der Waals surface area contributed by atoms with E-state index < -0.39 is 5.91 Å². The molecule has 7 nitrogen and oxygen atoms in total. The zero-order valence-corrected chi connectivity index (χ0v) is 14.3. The van der Waals surface area contributed by atoms with Gasteiger partial charge in [-0.3, -0.25) is 14.5 Å². The molecule has 0 radical (unpaired) electrons. The number of carbonyl (C=O) groups is 2. The molecule has 2 rings (SSSR count).